The average Bonchev–Trinajstić information content (AvgIpc) is 2.73. The molecule has 0 aromatic heterocycles. The van der Waals surface area contributed by atoms with Gasteiger partial charge in [0.25, 0.3) is 0 Å². The molecule has 0 aromatic rings. The zero-order valence-electron chi connectivity index (χ0n) is 13.0. The molecule has 0 spiro atoms. The Balaban J connectivity index is 0.00000361. The van der Waals surface area contributed by atoms with Crippen molar-refractivity contribution in [2.45, 2.75) is 65.1 Å². The van der Waals surface area contributed by atoms with E-state index in [0.29, 0.717) is 13.0 Å². The third kappa shape index (κ3) is 4.94. The summed E-state index contributed by atoms with van der Waals surface area (Å²) < 4.78 is 5.37. The Kier molecular flexibility index (Phi) is 6.98. The van der Waals surface area contributed by atoms with Crippen molar-refractivity contribution in [2.24, 2.45) is 11.7 Å². The SMILES string of the molecule is CC(C)[C@H](N)C(=O)N1CCC[C@H]1C(=O)OC(C)(C)C.Cl. The molecular formula is C14H27ClN2O3. The number of hydrogen-bond acceptors (Lipinski definition) is 4. The molecule has 1 saturated heterocycles. The number of nitrogens with two attached hydrogens (primary N) is 1. The smallest absolute Gasteiger partial charge is 0.329 e. The lowest BCUT2D eigenvalue weighted by Crippen LogP contribution is -2.51. The molecule has 20 heavy (non-hydrogen) atoms. The summed E-state index contributed by atoms with van der Waals surface area (Å²) >= 11 is 0. The van der Waals surface area contributed by atoms with Crippen molar-refractivity contribution in [1.29, 1.82) is 0 Å². The second kappa shape index (κ2) is 7.27. The van der Waals surface area contributed by atoms with Gasteiger partial charge in [0.05, 0.1) is 6.04 Å². The molecule has 6 heteroatoms. The van der Waals surface area contributed by atoms with Crippen LogP contribution in [0.5, 0.6) is 0 Å². The van der Waals surface area contributed by atoms with E-state index in [0.717, 1.165) is 6.42 Å². The predicted molar refractivity (Wildman–Crippen MR) is 80.6 cm³/mol. The zero-order chi connectivity index (χ0) is 14.8. The van der Waals surface area contributed by atoms with E-state index >= 15 is 0 Å². The molecule has 1 aliphatic heterocycles. The fraction of sp³-hybridized carbons (Fsp3) is 0.857. The predicted octanol–water partition coefficient (Wildman–Crippen LogP) is 1.72. The maximum absolute atomic E-state index is 12.3. The largest absolute Gasteiger partial charge is 0.458 e. The number of amides is 1. The molecule has 1 amide bonds. The second-order valence-corrected chi connectivity index (χ2v) is 6.49. The minimum absolute atomic E-state index is 0. The van der Waals surface area contributed by atoms with Crippen LogP contribution in [-0.2, 0) is 14.3 Å². The van der Waals surface area contributed by atoms with Gasteiger partial charge in [0, 0.05) is 6.54 Å². The molecule has 2 N–H and O–H groups in total. The average molecular weight is 307 g/mol. The van der Waals surface area contributed by atoms with Crippen LogP contribution in [0.3, 0.4) is 0 Å². The van der Waals surface area contributed by atoms with Gasteiger partial charge in [-0.25, -0.2) is 4.79 Å². The van der Waals surface area contributed by atoms with Crippen molar-refractivity contribution in [3.8, 4) is 0 Å². The topological polar surface area (TPSA) is 72.6 Å². The number of esters is 1. The van der Waals surface area contributed by atoms with E-state index in [2.05, 4.69) is 0 Å². The van der Waals surface area contributed by atoms with Gasteiger partial charge < -0.3 is 15.4 Å². The maximum Gasteiger partial charge on any atom is 0.329 e. The van der Waals surface area contributed by atoms with E-state index in [1.807, 2.05) is 34.6 Å². The van der Waals surface area contributed by atoms with Gasteiger partial charge in [0.15, 0.2) is 0 Å². The lowest BCUT2D eigenvalue weighted by molar-refractivity contribution is -0.163. The molecule has 0 aliphatic carbocycles. The number of halogens is 1. The van der Waals surface area contributed by atoms with Gasteiger partial charge in [-0.05, 0) is 39.5 Å². The Morgan fingerprint density at radius 3 is 2.30 bits per heavy atom. The number of hydrogen-bond donors (Lipinski definition) is 1. The summed E-state index contributed by atoms with van der Waals surface area (Å²) in [6.07, 6.45) is 1.48. The third-order valence-electron chi connectivity index (χ3n) is 3.22. The fourth-order valence-electron chi connectivity index (χ4n) is 2.12. The highest BCUT2D eigenvalue weighted by Gasteiger charge is 2.38. The molecule has 0 aromatic carbocycles. The summed E-state index contributed by atoms with van der Waals surface area (Å²) in [7, 11) is 0. The third-order valence-corrected chi connectivity index (χ3v) is 3.22. The first-order chi connectivity index (χ1) is 8.63. The van der Waals surface area contributed by atoms with Crippen molar-refractivity contribution in [1.82, 2.24) is 4.90 Å². The Hall–Kier alpha value is -0.810. The van der Waals surface area contributed by atoms with Crippen LogP contribution >= 0.6 is 12.4 Å². The molecule has 1 aliphatic rings. The normalized spacial score (nSPS) is 20.6. The lowest BCUT2D eigenvalue weighted by atomic mass is 10.0. The van der Waals surface area contributed by atoms with Crippen molar-refractivity contribution in [3.05, 3.63) is 0 Å². The van der Waals surface area contributed by atoms with Crippen molar-refractivity contribution in [3.63, 3.8) is 0 Å². The molecule has 0 radical (unpaired) electrons. The van der Waals surface area contributed by atoms with Gasteiger partial charge in [-0.2, -0.15) is 0 Å². The summed E-state index contributed by atoms with van der Waals surface area (Å²) in [6, 6.07) is -1.03. The molecule has 0 unspecified atom stereocenters. The van der Waals surface area contributed by atoms with Crippen LogP contribution in [0.1, 0.15) is 47.5 Å². The monoisotopic (exact) mass is 306 g/mol. The first kappa shape index (κ1) is 19.2. The highest BCUT2D eigenvalue weighted by molar-refractivity contribution is 5.88. The van der Waals surface area contributed by atoms with Crippen LogP contribution in [-0.4, -0.2) is 41.0 Å². The number of nitrogens with zero attached hydrogens (tertiary/aromatic N) is 1. The van der Waals surface area contributed by atoms with E-state index in [9.17, 15) is 9.59 Å². The highest BCUT2D eigenvalue weighted by atomic mass is 35.5. The first-order valence-corrected chi connectivity index (χ1v) is 6.92. The van der Waals surface area contributed by atoms with Crippen LogP contribution < -0.4 is 5.73 Å². The van der Waals surface area contributed by atoms with E-state index in [4.69, 9.17) is 10.5 Å². The van der Waals surface area contributed by atoms with E-state index in [1.54, 1.807) is 4.90 Å². The number of rotatable bonds is 3. The van der Waals surface area contributed by atoms with Gasteiger partial charge in [-0.1, -0.05) is 13.8 Å². The number of carbonyl (C=O) groups is 2. The summed E-state index contributed by atoms with van der Waals surface area (Å²) in [5.74, 6) is -0.412. The number of carbonyl (C=O) groups excluding carboxylic acids is 2. The van der Waals surface area contributed by atoms with Gasteiger partial charge in [-0.3, -0.25) is 4.79 Å². The molecule has 1 heterocycles. The molecule has 5 nitrogen and oxygen atoms in total. The van der Waals surface area contributed by atoms with Crippen molar-refractivity contribution >= 4 is 24.3 Å². The summed E-state index contributed by atoms with van der Waals surface area (Å²) in [5.41, 5.74) is 5.35. The Morgan fingerprint density at radius 1 is 1.30 bits per heavy atom. The van der Waals surface area contributed by atoms with Crippen LogP contribution in [0.4, 0.5) is 0 Å². The van der Waals surface area contributed by atoms with Crippen LogP contribution in [0.25, 0.3) is 0 Å². The lowest BCUT2D eigenvalue weighted by Gasteiger charge is -2.29. The summed E-state index contributed by atoms with van der Waals surface area (Å²) in [6.45, 7) is 9.87. The molecule has 0 saturated carbocycles. The minimum atomic E-state index is -0.553. The van der Waals surface area contributed by atoms with Crippen LogP contribution in [0, 0.1) is 5.92 Å². The first-order valence-electron chi connectivity index (χ1n) is 6.92. The van der Waals surface area contributed by atoms with Crippen molar-refractivity contribution < 1.29 is 14.3 Å². The molecule has 1 rings (SSSR count). The van der Waals surface area contributed by atoms with E-state index in [1.165, 1.54) is 0 Å². The van der Waals surface area contributed by atoms with Gasteiger partial charge >= 0.3 is 5.97 Å². The van der Waals surface area contributed by atoms with Crippen LogP contribution in [0.15, 0.2) is 0 Å². The summed E-state index contributed by atoms with van der Waals surface area (Å²) in [5, 5.41) is 0. The van der Waals surface area contributed by atoms with E-state index in [-0.39, 0.29) is 30.2 Å². The standard InChI is InChI=1S/C14H26N2O3.ClH/c1-9(2)11(15)12(17)16-8-6-7-10(16)13(18)19-14(3,4)5;/h9-11H,6-8,15H2,1-5H3;1H/t10-,11-;/m0./s1. The number of ether oxygens (including phenoxy) is 1. The van der Waals surface area contributed by atoms with Gasteiger partial charge in [-0.15, -0.1) is 12.4 Å². The highest BCUT2D eigenvalue weighted by Crippen LogP contribution is 2.22. The quantitative estimate of drug-likeness (QED) is 0.806. The fourth-order valence-corrected chi connectivity index (χ4v) is 2.12. The van der Waals surface area contributed by atoms with Crippen LogP contribution in [0.2, 0.25) is 0 Å². The zero-order valence-corrected chi connectivity index (χ0v) is 13.8. The van der Waals surface area contributed by atoms with Gasteiger partial charge in [0.1, 0.15) is 11.6 Å². The molecule has 2 atom stereocenters. The molecule has 1 fully saturated rings. The van der Waals surface area contributed by atoms with Crippen molar-refractivity contribution in [2.75, 3.05) is 6.54 Å². The molecule has 0 bridgehead atoms. The van der Waals surface area contributed by atoms with E-state index < -0.39 is 17.7 Å². The second-order valence-electron chi connectivity index (χ2n) is 6.49. The molecule has 118 valence electrons. The van der Waals surface area contributed by atoms with Gasteiger partial charge in [0.2, 0.25) is 5.91 Å². The Bertz CT molecular complexity index is 353. The molecular weight excluding hydrogens is 280 g/mol. The summed E-state index contributed by atoms with van der Waals surface area (Å²) in [4.78, 5) is 26.0. The minimum Gasteiger partial charge on any atom is -0.458 e. The Labute approximate surface area is 127 Å². The maximum atomic E-state index is 12.3. The Morgan fingerprint density at radius 2 is 1.85 bits per heavy atom. The number of likely N-dealkylation sites (tertiary alicyclic amines) is 1.